The molecule has 114 valence electrons. The minimum Gasteiger partial charge on any atom is -0.352 e. The van der Waals surface area contributed by atoms with Gasteiger partial charge in [-0.3, -0.25) is 4.79 Å². The average molecular weight is 309 g/mol. The van der Waals surface area contributed by atoms with Crippen molar-refractivity contribution >= 4 is 18.3 Å². The van der Waals surface area contributed by atoms with E-state index in [0.717, 1.165) is 12.1 Å². The van der Waals surface area contributed by atoms with Gasteiger partial charge >= 0.3 is 0 Å². The Morgan fingerprint density at radius 1 is 1.38 bits per heavy atom. The number of halogens is 1. The van der Waals surface area contributed by atoms with Crippen LogP contribution in [0, 0.1) is 6.92 Å². The molecule has 0 aliphatic carbocycles. The molecule has 1 atom stereocenters. The number of amides is 1. The number of nitrogens with one attached hydrogen (secondary N) is 1. The Morgan fingerprint density at radius 2 is 2.05 bits per heavy atom. The van der Waals surface area contributed by atoms with E-state index in [1.165, 1.54) is 0 Å². The predicted molar refractivity (Wildman–Crippen MR) is 86.1 cm³/mol. The molecule has 2 rings (SSSR count). The van der Waals surface area contributed by atoms with Crippen molar-refractivity contribution in [3.8, 4) is 5.69 Å². The van der Waals surface area contributed by atoms with Gasteiger partial charge in [0.1, 0.15) is 0 Å². The molecule has 1 aromatic heterocycles. The van der Waals surface area contributed by atoms with Crippen LogP contribution in [0.3, 0.4) is 0 Å². The van der Waals surface area contributed by atoms with Gasteiger partial charge in [-0.1, -0.05) is 18.2 Å². The Morgan fingerprint density at radius 3 is 2.67 bits per heavy atom. The third kappa shape index (κ3) is 4.58. The van der Waals surface area contributed by atoms with Crippen LogP contribution in [0.1, 0.15) is 29.4 Å². The van der Waals surface area contributed by atoms with Crippen molar-refractivity contribution in [1.29, 1.82) is 0 Å². The molecule has 0 fully saturated rings. The lowest BCUT2D eigenvalue weighted by atomic mass is 10.2. The molecule has 0 saturated heterocycles. The van der Waals surface area contributed by atoms with E-state index in [4.69, 9.17) is 5.73 Å². The number of hydrogen-bond acceptors (Lipinski definition) is 3. The van der Waals surface area contributed by atoms with Crippen LogP contribution in [0.2, 0.25) is 0 Å². The second-order valence-electron chi connectivity index (χ2n) is 4.93. The highest BCUT2D eigenvalue weighted by atomic mass is 35.5. The van der Waals surface area contributed by atoms with Gasteiger partial charge in [0, 0.05) is 18.8 Å². The third-order valence-electron chi connectivity index (χ3n) is 3.05. The molecule has 21 heavy (non-hydrogen) atoms. The number of aryl methyl sites for hydroxylation is 1. The minimum atomic E-state index is -0.106. The highest BCUT2D eigenvalue weighted by Gasteiger charge is 2.13. The molecule has 1 aromatic carbocycles. The van der Waals surface area contributed by atoms with E-state index < -0.39 is 0 Å². The number of aromatic nitrogens is 2. The number of rotatable bonds is 5. The van der Waals surface area contributed by atoms with Crippen LogP contribution < -0.4 is 11.1 Å². The van der Waals surface area contributed by atoms with E-state index in [9.17, 15) is 4.79 Å². The number of nitrogens with two attached hydrogens (primary N) is 1. The summed E-state index contributed by atoms with van der Waals surface area (Å²) in [5.74, 6) is -0.106. The Kier molecular flexibility index (Phi) is 6.39. The standard InChI is InChI=1S/C15H20N4O.ClH/c1-11(16)8-9-17-15(20)14-10-19(18-12(14)2)13-6-4-3-5-7-13;/h3-7,10-11H,8-9,16H2,1-2H3,(H,17,20);1H. The Labute approximate surface area is 130 Å². The quantitative estimate of drug-likeness (QED) is 0.888. The lowest BCUT2D eigenvalue weighted by Gasteiger charge is -2.06. The summed E-state index contributed by atoms with van der Waals surface area (Å²) in [6.45, 7) is 4.33. The molecule has 0 bridgehead atoms. The first-order valence-corrected chi connectivity index (χ1v) is 6.73. The average Bonchev–Trinajstić information content (AvgIpc) is 2.81. The highest BCUT2D eigenvalue weighted by molar-refractivity contribution is 5.95. The van der Waals surface area contributed by atoms with Crippen molar-refractivity contribution in [2.75, 3.05) is 6.54 Å². The maximum Gasteiger partial charge on any atom is 0.254 e. The number of hydrogen-bond donors (Lipinski definition) is 2. The monoisotopic (exact) mass is 308 g/mol. The number of carbonyl (C=O) groups is 1. The molecule has 0 saturated carbocycles. The number of benzene rings is 1. The fourth-order valence-electron chi connectivity index (χ4n) is 1.90. The van der Waals surface area contributed by atoms with Gasteiger partial charge in [0.2, 0.25) is 0 Å². The van der Waals surface area contributed by atoms with E-state index in [-0.39, 0.29) is 24.4 Å². The van der Waals surface area contributed by atoms with Crippen molar-refractivity contribution in [2.24, 2.45) is 5.73 Å². The summed E-state index contributed by atoms with van der Waals surface area (Å²) in [4.78, 5) is 12.1. The molecule has 1 unspecified atom stereocenters. The van der Waals surface area contributed by atoms with E-state index in [1.54, 1.807) is 10.9 Å². The Bertz CT molecular complexity index is 581. The molecule has 0 aliphatic heterocycles. The van der Waals surface area contributed by atoms with Crippen LogP contribution in [-0.2, 0) is 0 Å². The van der Waals surface area contributed by atoms with Crippen molar-refractivity contribution in [3.05, 3.63) is 47.8 Å². The lowest BCUT2D eigenvalue weighted by Crippen LogP contribution is -2.29. The predicted octanol–water partition coefficient (Wildman–Crippen LogP) is 2.07. The Hall–Kier alpha value is -1.85. The van der Waals surface area contributed by atoms with Gasteiger partial charge in [-0.05, 0) is 32.4 Å². The molecule has 5 nitrogen and oxygen atoms in total. The zero-order valence-electron chi connectivity index (χ0n) is 12.2. The molecule has 6 heteroatoms. The normalized spacial score (nSPS) is 11.6. The third-order valence-corrected chi connectivity index (χ3v) is 3.05. The van der Waals surface area contributed by atoms with E-state index >= 15 is 0 Å². The van der Waals surface area contributed by atoms with Crippen LogP contribution in [0.4, 0.5) is 0 Å². The summed E-state index contributed by atoms with van der Waals surface area (Å²) in [7, 11) is 0. The zero-order chi connectivity index (χ0) is 14.5. The molecule has 0 radical (unpaired) electrons. The first-order valence-electron chi connectivity index (χ1n) is 6.73. The van der Waals surface area contributed by atoms with Crippen LogP contribution in [-0.4, -0.2) is 28.3 Å². The van der Waals surface area contributed by atoms with Crippen LogP contribution >= 0.6 is 12.4 Å². The maximum absolute atomic E-state index is 12.1. The van der Waals surface area contributed by atoms with Gasteiger partial charge in [0.15, 0.2) is 0 Å². The SMILES string of the molecule is Cc1nn(-c2ccccc2)cc1C(=O)NCCC(C)N.Cl. The van der Waals surface area contributed by atoms with Gasteiger partial charge in [-0.2, -0.15) is 5.10 Å². The van der Waals surface area contributed by atoms with Gasteiger partial charge in [-0.25, -0.2) is 4.68 Å². The van der Waals surface area contributed by atoms with Gasteiger partial charge in [-0.15, -0.1) is 12.4 Å². The lowest BCUT2D eigenvalue weighted by molar-refractivity contribution is 0.0952. The van der Waals surface area contributed by atoms with Gasteiger partial charge < -0.3 is 11.1 Å². The smallest absolute Gasteiger partial charge is 0.254 e. The molecule has 1 heterocycles. The summed E-state index contributed by atoms with van der Waals surface area (Å²) in [6, 6.07) is 9.81. The topological polar surface area (TPSA) is 72.9 Å². The summed E-state index contributed by atoms with van der Waals surface area (Å²) in [5, 5.41) is 7.24. The van der Waals surface area contributed by atoms with Gasteiger partial charge in [0.05, 0.1) is 16.9 Å². The van der Waals surface area contributed by atoms with Crippen molar-refractivity contribution in [3.63, 3.8) is 0 Å². The summed E-state index contributed by atoms with van der Waals surface area (Å²) in [6.07, 6.45) is 2.52. The first-order chi connectivity index (χ1) is 9.58. The van der Waals surface area contributed by atoms with Crippen LogP contribution in [0.5, 0.6) is 0 Å². The number of nitrogens with zero attached hydrogens (tertiary/aromatic N) is 2. The number of carbonyl (C=O) groups excluding carboxylic acids is 1. The summed E-state index contributed by atoms with van der Waals surface area (Å²) in [5.41, 5.74) is 7.91. The van der Waals surface area contributed by atoms with Crippen molar-refractivity contribution in [2.45, 2.75) is 26.3 Å². The van der Waals surface area contributed by atoms with Crippen molar-refractivity contribution < 1.29 is 4.79 Å². The molecular weight excluding hydrogens is 288 g/mol. The fourth-order valence-corrected chi connectivity index (χ4v) is 1.90. The molecule has 3 N–H and O–H groups in total. The van der Waals surface area contributed by atoms with E-state index in [1.807, 2.05) is 44.2 Å². The second-order valence-corrected chi connectivity index (χ2v) is 4.93. The van der Waals surface area contributed by atoms with Gasteiger partial charge in [0.25, 0.3) is 5.91 Å². The maximum atomic E-state index is 12.1. The molecule has 2 aromatic rings. The minimum absolute atomic E-state index is 0. The van der Waals surface area contributed by atoms with Crippen LogP contribution in [0.15, 0.2) is 36.5 Å². The largest absolute Gasteiger partial charge is 0.352 e. The molecule has 1 amide bonds. The van der Waals surface area contributed by atoms with E-state index in [2.05, 4.69) is 10.4 Å². The van der Waals surface area contributed by atoms with E-state index in [0.29, 0.717) is 17.8 Å². The molecular formula is C15H21ClN4O. The fraction of sp³-hybridized carbons (Fsp3) is 0.333. The Balaban J connectivity index is 0.00000220. The highest BCUT2D eigenvalue weighted by Crippen LogP contribution is 2.11. The second kappa shape index (κ2) is 7.81. The van der Waals surface area contributed by atoms with Crippen LogP contribution in [0.25, 0.3) is 5.69 Å². The molecule has 0 spiro atoms. The first kappa shape index (κ1) is 17.2. The number of para-hydroxylation sites is 1. The molecule has 0 aliphatic rings. The summed E-state index contributed by atoms with van der Waals surface area (Å²) >= 11 is 0. The van der Waals surface area contributed by atoms with Crippen molar-refractivity contribution in [1.82, 2.24) is 15.1 Å². The summed E-state index contributed by atoms with van der Waals surface area (Å²) < 4.78 is 1.72. The zero-order valence-corrected chi connectivity index (χ0v) is 13.1.